The molecule has 4 aromatic rings. The standard InChI is InChI=1S/C28H32FN9O2/c1-17-5-4-6-20(13-17)37(28(31)40)23-8-7-18(14-22(23)29)26-33-25(30)21-15-32-38(27(21)34-26)19-9-11-36(12-10-19)24(39)16-35(2)3/h4-8,13-15,19H,9-12,16H2,1-3H3,(H2,31,40)(H2,30,33,34). The molecular weight excluding hydrogens is 513 g/mol. The van der Waals surface area contributed by atoms with Crippen molar-refractivity contribution in [2.75, 3.05) is 44.4 Å². The lowest BCUT2D eigenvalue weighted by molar-refractivity contribution is -0.133. The number of anilines is 3. The van der Waals surface area contributed by atoms with Gasteiger partial charge in [-0.15, -0.1) is 0 Å². The zero-order valence-corrected chi connectivity index (χ0v) is 22.7. The van der Waals surface area contributed by atoms with Crippen LogP contribution in [0.4, 0.5) is 26.4 Å². The molecule has 3 amide bonds. The minimum absolute atomic E-state index is 0.0107. The number of hydrogen-bond donors (Lipinski definition) is 2. The molecule has 0 aliphatic carbocycles. The number of likely N-dealkylation sites (N-methyl/N-ethyl adjacent to an activating group) is 1. The van der Waals surface area contributed by atoms with Crippen LogP contribution in [0.3, 0.4) is 0 Å². The van der Waals surface area contributed by atoms with E-state index in [4.69, 9.17) is 16.5 Å². The van der Waals surface area contributed by atoms with Gasteiger partial charge in [-0.3, -0.25) is 9.69 Å². The third-order valence-electron chi connectivity index (χ3n) is 7.02. The number of aromatic nitrogens is 4. The number of hydrogen-bond acceptors (Lipinski definition) is 7. The SMILES string of the molecule is Cc1cccc(N(C(N)=O)c2ccc(-c3nc(N)c4cnn(C5CCN(C(=O)CN(C)C)CC5)c4n3)cc2F)c1. The molecule has 4 N–H and O–H groups in total. The van der Waals surface area contributed by atoms with E-state index in [0.29, 0.717) is 41.9 Å². The minimum Gasteiger partial charge on any atom is -0.383 e. The highest BCUT2D eigenvalue weighted by Crippen LogP contribution is 2.33. The Morgan fingerprint density at radius 1 is 1.10 bits per heavy atom. The Bertz CT molecular complexity index is 1580. The van der Waals surface area contributed by atoms with Gasteiger partial charge in [-0.25, -0.2) is 23.8 Å². The molecule has 2 aromatic carbocycles. The molecule has 1 aliphatic rings. The predicted octanol–water partition coefficient (Wildman–Crippen LogP) is 3.46. The van der Waals surface area contributed by atoms with Gasteiger partial charge in [0.1, 0.15) is 11.6 Å². The highest BCUT2D eigenvalue weighted by Gasteiger charge is 2.27. The van der Waals surface area contributed by atoms with Gasteiger partial charge in [-0.05, 0) is 69.8 Å². The number of amides is 3. The van der Waals surface area contributed by atoms with Crippen molar-refractivity contribution in [3.63, 3.8) is 0 Å². The fourth-order valence-corrected chi connectivity index (χ4v) is 5.05. The van der Waals surface area contributed by atoms with Crippen molar-refractivity contribution in [3.05, 3.63) is 60.0 Å². The first-order valence-corrected chi connectivity index (χ1v) is 13.0. The number of halogens is 1. The lowest BCUT2D eigenvalue weighted by Gasteiger charge is -2.32. The van der Waals surface area contributed by atoms with Crippen molar-refractivity contribution in [1.29, 1.82) is 0 Å². The summed E-state index contributed by atoms with van der Waals surface area (Å²) in [5.41, 5.74) is 14.2. The predicted molar refractivity (Wildman–Crippen MR) is 151 cm³/mol. The van der Waals surface area contributed by atoms with Crippen molar-refractivity contribution in [3.8, 4) is 11.4 Å². The zero-order chi connectivity index (χ0) is 28.6. The summed E-state index contributed by atoms with van der Waals surface area (Å²) < 4.78 is 17.3. The van der Waals surface area contributed by atoms with Crippen molar-refractivity contribution in [2.24, 2.45) is 5.73 Å². The second-order valence-electron chi connectivity index (χ2n) is 10.3. The second kappa shape index (κ2) is 10.9. The number of fused-ring (bicyclic) bond motifs is 1. The largest absolute Gasteiger partial charge is 0.383 e. The van der Waals surface area contributed by atoms with Crippen molar-refractivity contribution < 1.29 is 14.0 Å². The summed E-state index contributed by atoms with van der Waals surface area (Å²) in [5, 5.41) is 5.14. The smallest absolute Gasteiger partial charge is 0.323 e. The number of likely N-dealkylation sites (tertiary alicyclic amines) is 1. The van der Waals surface area contributed by atoms with E-state index in [-0.39, 0.29) is 29.3 Å². The van der Waals surface area contributed by atoms with E-state index >= 15 is 4.39 Å². The lowest BCUT2D eigenvalue weighted by atomic mass is 10.1. The van der Waals surface area contributed by atoms with Gasteiger partial charge < -0.3 is 21.3 Å². The van der Waals surface area contributed by atoms with Crippen LogP contribution in [0, 0.1) is 12.7 Å². The highest BCUT2D eigenvalue weighted by molar-refractivity contribution is 5.99. The van der Waals surface area contributed by atoms with Gasteiger partial charge in [0.2, 0.25) is 5.91 Å². The Kier molecular flexibility index (Phi) is 7.35. The van der Waals surface area contributed by atoms with Gasteiger partial charge in [0.15, 0.2) is 11.5 Å². The van der Waals surface area contributed by atoms with Crippen LogP contribution in [0.5, 0.6) is 0 Å². The molecule has 40 heavy (non-hydrogen) atoms. The molecule has 1 fully saturated rings. The fraction of sp³-hybridized carbons (Fsp3) is 0.321. The minimum atomic E-state index is -0.808. The van der Waals surface area contributed by atoms with Crippen LogP contribution in [0.15, 0.2) is 48.7 Å². The normalized spacial score (nSPS) is 14.2. The van der Waals surface area contributed by atoms with E-state index in [0.717, 1.165) is 23.3 Å². The Morgan fingerprint density at radius 2 is 1.85 bits per heavy atom. The first kappa shape index (κ1) is 27.0. The summed E-state index contributed by atoms with van der Waals surface area (Å²) >= 11 is 0. The second-order valence-corrected chi connectivity index (χ2v) is 10.3. The molecule has 0 unspecified atom stereocenters. The third kappa shape index (κ3) is 5.30. The number of primary amides is 1. The van der Waals surface area contributed by atoms with E-state index in [1.807, 2.05) is 41.6 Å². The molecule has 3 heterocycles. The third-order valence-corrected chi connectivity index (χ3v) is 7.02. The number of nitrogen functional groups attached to an aromatic ring is 1. The number of aryl methyl sites for hydroxylation is 1. The van der Waals surface area contributed by atoms with Crippen LogP contribution in [0.2, 0.25) is 0 Å². The molecule has 2 aromatic heterocycles. The topological polar surface area (TPSA) is 140 Å². The Labute approximate surface area is 231 Å². The molecular formula is C28H32FN9O2. The zero-order valence-electron chi connectivity index (χ0n) is 22.7. The van der Waals surface area contributed by atoms with Crippen molar-refractivity contribution in [1.82, 2.24) is 29.5 Å². The molecule has 1 saturated heterocycles. The van der Waals surface area contributed by atoms with Crippen LogP contribution in [-0.4, -0.2) is 75.2 Å². The van der Waals surface area contributed by atoms with E-state index in [1.165, 1.54) is 12.1 Å². The highest BCUT2D eigenvalue weighted by atomic mass is 19.1. The maximum atomic E-state index is 15.4. The van der Waals surface area contributed by atoms with Gasteiger partial charge in [0, 0.05) is 18.7 Å². The molecule has 5 rings (SSSR count). The van der Waals surface area contributed by atoms with Gasteiger partial charge in [0.05, 0.1) is 35.5 Å². The Hall–Kier alpha value is -4.58. The van der Waals surface area contributed by atoms with Gasteiger partial charge in [0.25, 0.3) is 0 Å². The number of carbonyl (C=O) groups is 2. The van der Waals surface area contributed by atoms with Gasteiger partial charge >= 0.3 is 6.03 Å². The average molecular weight is 546 g/mol. The quantitative estimate of drug-likeness (QED) is 0.378. The number of nitrogens with zero attached hydrogens (tertiary/aromatic N) is 7. The molecule has 208 valence electrons. The van der Waals surface area contributed by atoms with E-state index in [9.17, 15) is 9.59 Å². The average Bonchev–Trinajstić information content (AvgIpc) is 3.34. The number of urea groups is 1. The summed E-state index contributed by atoms with van der Waals surface area (Å²) in [6.07, 6.45) is 3.08. The van der Waals surface area contributed by atoms with E-state index in [2.05, 4.69) is 10.1 Å². The Morgan fingerprint density at radius 3 is 2.50 bits per heavy atom. The summed E-state index contributed by atoms with van der Waals surface area (Å²) in [4.78, 5) is 38.7. The van der Waals surface area contributed by atoms with Crippen molar-refractivity contribution >= 4 is 40.2 Å². The summed E-state index contributed by atoms with van der Waals surface area (Å²) in [6, 6.07) is 10.7. The molecule has 0 saturated carbocycles. The number of piperidine rings is 1. The van der Waals surface area contributed by atoms with Crippen LogP contribution in [0.1, 0.15) is 24.4 Å². The maximum absolute atomic E-state index is 15.4. The lowest BCUT2D eigenvalue weighted by Crippen LogP contribution is -2.43. The molecule has 0 atom stereocenters. The first-order valence-electron chi connectivity index (χ1n) is 13.0. The molecule has 0 radical (unpaired) electrons. The Balaban J connectivity index is 1.43. The number of rotatable bonds is 6. The molecule has 0 bridgehead atoms. The van der Waals surface area contributed by atoms with Crippen LogP contribution in [0.25, 0.3) is 22.4 Å². The van der Waals surface area contributed by atoms with Gasteiger partial charge in [-0.2, -0.15) is 5.10 Å². The summed E-state index contributed by atoms with van der Waals surface area (Å²) in [5.74, 6) is -0.0985. The molecule has 12 heteroatoms. The monoisotopic (exact) mass is 545 g/mol. The number of carbonyl (C=O) groups excluding carboxylic acids is 2. The number of nitrogens with two attached hydrogens (primary N) is 2. The fourth-order valence-electron chi connectivity index (χ4n) is 5.05. The maximum Gasteiger partial charge on any atom is 0.323 e. The van der Waals surface area contributed by atoms with Crippen LogP contribution in [-0.2, 0) is 4.79 Å². The summed E-state index contributed by atoms with van der Waals surface area (Å²) in [6.45, 7) is 3.49. The van der Waals surface area contributed by atoms with Crippen LogP contribution < -0.4 is 16.4 Å². The van der Waals surface area contributed by atoms with Gasteiger partial charge in [-0.1, -0.05) is 12.1 Å². The molecule has 11 nitrogen and oxygen atoms in total. The molecule has 1 aliphatic heterocycles. The summed E-state index contributed by atoms with van der Waals surface area (Å²) in [7, 11) is 3.75. The van der Waals surface area contributed by atoms with E-state index in [1.54, 1.807) is 30.5 Å². The number of benzene rings is 2. The van der Waals surface area contributed by atoms with Crippen molar-refractivity contribution in [2.45, 2.75) is 25.8 Å². The van der Waals surface area contributed by atoms with Crippen LogP contribution >= 0.6 is 0 Å². The first-order chi connectivity index (χ1) is 19.1. The molecule has 0 spiro atoms. The van der Waals surface area contributed by atoms with E-state index < -0.39 is 11.8 Å².